The highest BCUT2D eigenvalue weighted by Crippen LogP contribution is 2.50. The van der Waals surface area contributed by atoms with E-state index in [-0.39, 0.29) is 35.2 Å². The second kappa shape index (κ2) is 10.0. The lowest BCUT2D eigenvalue weighted by atomic mass is 9.83. The number of ether oxygens (including phenoxy) is 1. The summed E-state index contributed by atoms with van der Waals surface area (Å²) in [7, 11) is 1.59. The molecule has 2 aromatic rings. The first-order chi connectivity index (χ1) is 16.3. The van der Waals surface area contributed by atoms with Gasteiger partial charge >= 0.3 is 0 Å². The maximum atomic E-state index is 13.3. The largest absolute Gasteiger partial charge is 0.496 e. The first kappa shape index (κ1) is 24.0. The quantitative estimate of drug-likeness (QED) is 0.496. The second-order valence-corrected chi connectivity index (χ2v) is 10.3. The minimum absolute atomic E-state index is 0.0629. The molecule has 0 radical (unpaired) electrons. The fourth-order valence-corrected chi connectivity index (χ4v) is 5.08. The van der Waals surface area contributed by atoms with Crippen molar-refractivity contribution in [1.29, 1.82) is 5.26 Å². The van der Waals surface area contributed by atoms with Crippen molar-refractivity contribution < 1.29 is 19.1 Å². The van der Waals surface area contributed by atoms with E-state index in [2.05, 4.69) is 23.3 Å². The molecule has 1 aromatic carbocycles. The number of ketones is 2. The number of Topliss-reactive ketones (excluding diaryl/α,β-unsaturated/α-hetero) is 2. The molecule has 3 unspecified atom stereocenters. The van der Waals surface area contributed by atoms with Crippen molar-refractivity contribution in [2.24, 2.45) is 17.3 Å². The van der Waals surface area contributed by atoms with Crippen LogP contribution in [0.4, 0.5) is 0 Å². The molecule has 1 amide bonds. The van der Waals surface area contributed by atoms with Gasteiger partial charge in [0.15, 0.2) is 5.78 Å². The van der Waals surface area contributed by atoms with Gasteiger partial charge in [0.1, 0.15) is 17.6 Å². The van der Waals surface area contributed by atoms with Gasteiger partial charge in [-0.25, -0.2) is 0 Å². The molecule has 2 aliphatic rings. The van der Waals surface area contributed by atoms with Gasteiger partial charge < -0.3 is 15.0 Å². The molecule has 180 valence electrons. The number of fused-ring (bicyclic) bond motifs is 1. The first-order valence-corrected chi connectivity index (χ1v) is 12.2. The van der Waals surface area contributed by atoms with Gasteiger partial charge in [0.2, 0.25) is 5.91 Å². The topological polar surface area (TPSA) is 112 Å². The third-order valence-corrected chi connectivity index (χ3v) is 7.46. The standard InChI is InChI=1S/C27H33N3O4/c1-27(10-11-27)15-18(26(33)29-19(16-28)12-17-6-3-4-8-23(17)31)13-24(32)22-14-20-21(30-22)7-5-9-25(20)34-2/h5,7,9,14,17-19,30H,3-4,6,8,10-13,15H2,1-2H3,(H,29,33). The Kier molecular flexibility index (Phi) is 7.06. The molecule has 2 N–H and O–H groups in total. The zero-order valence-electron chi connectivity index (χ0n) is 20.0. The van der Waals surface area contributed by atoms with Crippen LogP contribution in [0.5, 0.6) is 5.75 Å². The van der Waals surface area contributed by atoms with Gasteiger partial charge in [-0.3, -0.25) is 14.4 Å². The minimum atomic E-state index is -0.721. The van der Waals surface area contributed by atoms with Gasteiger partial charge in [-0.2, -0.15) is 5.26 Å². The number of carbonyl (C=O) groups is 3. The molecule has 7 heteroatoms. The maximum Gasteiger partial charge on any atom is 0.224 e. The zero-order chi connectivity index (χ0) is 24.3. The molecular formula is C27H33N3O4. The Balaban J connectivity index is 1.46. The molecule has 4 rings (SSSR count). The average Bonchev–Trinajstić information content (AvgIpc) is 3.38. The Morgan fingerprint density at radius 1 is 1.32 bits per heavy atom. The van der Waals surface area contributed by atoms with Crippen LogP contribution in [0.15, 0.2) is 24.3 Å². The van der Waals surface area contributed by atoms with E-state index in [1.165, 1.54) is 0 Å². The summed E-state index contributed by atoms with van der Waals surface area (Å²) in [5.41, 5.74) is 1.32. The predicted molar refractivity (Wildman–Crippen MR) is 128 cm³/mol. The molecule has 1 heterocycles. The predicted octanol–water partition coefficient (Wildman–Crippen LogP) is 4.71. The van der Waals surface area contributed by atoms with E-state index < -0.39 is 12.0 Å². The fourth-order valence-electron chi connectivity index (χ4n) is 5.08. The van der Waals surface area contributed by atoms with Gasteiger partial charge in [0.25, 0.3) is 0 Å². The van der Waals surface area contributed by atoms with Crippen molar-refractivity contribution in [3.05, 3.63) is 30.0 Å². The van der Waals surface area contributed by atoms with E-state index in [0.29, 0.717) is 30.7 Å². The number of aromatic nitrogens is 1. The van der Waals surface area contributed by atoms with Gasteiger partial charge in [-0.15, -0.1) is 0 Å². The van der Waals surface area contributed by atoms with E-state index in [1.54, 1.807) is 13.2 Å². The summed E-state index contributed by atoms with van der Waals surface area (Å²) < 4.78 is 5.39. The number of nitrogens with zero attached hydrogens (tertiary/aromatic N) is 1. The molecule has 0 bridgehead atoms. The summed E-state index contributed by atoms with van der Waals surface area (Å²) in [6, 6.07) is 8.79. The Labute approximate surface area is 200 Å². The number of hydrogen-bond donors (Lipinski definition) is 2. The number of rotatable bonds is 10. The van der Waals surface area contributed by atoms with E-state index in [0.717, 1.165) is 43.0 Å². The summed E-state index contributed by atoms with van der Waals surface area (Å²) in [6.45, 7) is 2.13. The van der Waals surface area contributed by atoms with Crippen LogP contribution in [0.25, 0.3) is 10.9 Å². The minimum Gasteiger partial charge on any atom is -0.496 e. The SMILES string of the molecule is COc1cccc2[nH]c(C(=O)CC(CC3(C)CC3)C(=O)NC(C#N)CC3CCCCC3=O)cc12. The third-order valence-electron chi connectivity index (χ3n) is 7.46. The number of amides is 1. The molecule has 1 aromatic heterocycles. The van der Waals surface area contributed by atoms with E-state index in [1.807, 2.05) is 18.2 Å². The van der Waals surface area contributed by atoms with Crippen molar-refractivity contribution >= 4 is 28.4 Å². The summed E-state index contributed by atoms with van der Waals surface area (Å²) >= 11 is 0. The average molecular weight is 464 g/mol. The highest BCUT2D eigenvalue weighted by atomic mass is 16.5. The number of nitriles is 1. The second-order valence-electron chi connectivity index (χ2n) is 10.3. The summed E-state index contributed by atoms with van der Waals surface area (Å²) in [6.07, 6.45) is 6.30. The van der Waals surface area contributed by atoms with Gasteiger partial charge in [0, 0.05) is 35.6 Å². The molecule has 0 aliphatic heterocycles. The first-order valence-electron chi connectivity index (χ1n) is 12.2. The van der Waals surface area contributed by atoms with Crippen LogP contribution in [0.2, 0.25) is 0 Å². The molecule has 0 saturated heterocycles. The fraction of sp³-hybridized carbons (Fsp3) is 0.556. The smallest absolute Gasteiger partial charge is 0.224 e. The molecule has 7 nitrogen and oxygen atoms in total. The summed E-state index contributed by atoms with van der Waals surface area (Å²) in [5.74, 6) is -0.232. The zero-order valence-corrected chi connectivity index (χ0v) is 20.0. The van der Waals surface area contributed by atoms with E-state index in [9.17, 15) is 19.6 Å². The van der Waals surface area contributed by atoms with Crippen molar-refractivity contribution in [1.82, 2.24) is 10.3 Å². The van der Waals surface area contributed by atoms with Crippen LogP contribution in [-0.4, -0.2) is 35.6 Å². The molecule has 2 saturated carbocycles. The monoisotopic (exact) mass is 463 g/mol. The van der Waals surface area contributed by atoms with Crippen LogP contribution in [-0.2, 0) is 9.59 Å². The highest BCUT2D eigenvalue weighted by molar-refractivity contribution is 6.02. The molecular weight excluding hydrogens is 430 g/mol. The number of benzene rings is 1. The number of nitrogens with one attached hydrogen (secondary N) is 2. The maximum absolute atomic E-state index is 13.3. The Morgan fingerprint density at radius 2 is 2.12 bits per heavy atom. The molecule has 0 spiro atoms. The third kappa shape index (κ3) is 5.49. The normalized spacial score (nSPS) is 20.9. The number of aromatic amines is 1. The van der Waals surface area contributed by atoms with Gasteiger partial charge in [0.05, 0.1) is 18.9 Å². The van der Waals surface area contributed by atoms with Crippen molar-refractivity contribution in [2.75, 3.05) is 7.11 Å². The summed E-state index contributed by atoms with van der Waals surface area (Å²) in [5, 5.41) is 13.3. The summed E-state index contributed by atoms with van der Waals surface area (Å²) in [4.78, 5) is 41.8. The Bertz CT molecular complexity index is 1120. The lowest BCUT2D eigenvalue weighted by Gasteiger charge is -2.25. The van der Waals surface area contributed by atoms with Crippen LogP contribution >= 0.6 is 0 Å². The highest BCUT2D eigenvalue weighted by Gasteiger charge is 2.42. The van der Waals surface area contributed by atoms with Crippen LogP contribution in [0.3, 0.4) is 0 Å². The van der Waals surface area contributed by atoms with E-state index >= 15 is 0 Å². The van der Waals surface area contributed by atoms with Crippen molar-refractivity contribution in [3.8, 4) is 11.8 Å². The number of carbonyl (C=O) groups excluding carboxylic acids is 3. The number of hydrogen-bond acceptors (Lipinski definition) is 5. The van der Waals surface area contributed by atoms with Crippen molar-refractivity contribution in [2.45, 2.75) is 70.8 Å². The van der Waals surface area contributed by atoms with Gasteiger partial charge in [-0.1, -0.05) is 19.4 Å². The number of H-pyrrole nitrogens is 1. The van der Waals surface area contributed by atoms with Gasteiger partial charge in [-0.05, 0) is 62.1 Å². The van der Waals surface area contributed by atoms with Crippen molar-refractivity contribution in [3.63, 3.8) is 0 Å². The Morgan fingerprint density at radius 3 is 2.79 bits per heavy atom. The van der Waals surface area contributed by atoms with Crippen LogP contribution < -0.4 is 10.1 Å². The molecule has 34 heavy (non-hydrogen) atoms. The lowest BCUT2D eigenvalue weighted by Crippen LogP contribution is -2.41. The van der Waals surface area contributed by atoms with Crippen LogP contribution in [0.1, 0.15) is 75.2 Å². The molecule has 2 fully saturated rings. The van der Waals surface area contributed by atoms with Crippen LogP contribution in [0, 0.1) is 28.6 Å². The van der Waals surface area contributed by atoms with E-state index in [4.69, 9.17) is 4.74 Å². The lowest BCUT2D eigenvalue weighted by molar-refractivity contribution is -0.128. The Hall–Kier alpha value is -3.14. The molecule has 2 aliphatic carbocycles. The number of methoxy groups -OCH3 is 1. The molecule has 3 atom stereocenters.